The quantitative estimate of drug-likeness (QED) is 0.194. The second-order valence-corrected chi connectivity index (χ2v) is 12.4. The van der Waals surface area contributed by atoms with Gasteiger partial charge in [-0.2, -0.15) is 16.8 Å². The van der Waals surface area contributed by atoms with E-state index in [0.29, 0.717) is 33.7 Å². The molecule has 0 saturated heterocycles. The molecule has 194 valence electrons. The van der Waals surface area contributed by atoms with Crippen LogP contribution in [-0.2, 0) is 33.1 Å². The molecule has 0 atom stereocenters. The van der Waals surface area contributed by atoms with E-state index in [0.717, 1.165) is 25.7 Å². The van der Waals surface area contributed by atoms with Gasteiger partial charge in [-0.1, -0.05) is 12.1 Å². The molecule has 2 aromatic carbocycles. The van der Waals surface area contributed by atoms with Crippen molar-refractivity contribution in [1.82, 2.24) is 10.6 Å². The summed E-state index contributed by atoms with van der Waals surface area (Å²) in [5, 5.41) is 12.7. The van der Waals surface area contributed by atoms with Gasteiger partial charge in [0.15, 0.2) is 10.2 Å². The highest BCUT2D eigenvalue weighted by Gasteiger charge is 2.24. The van der Waals surface area contributed by atoms with Gasteiger partial charge in [0.2, 0.25) is 0 Å². The van der Waals surface area contributed by atoms with E-state index < -0.39 is 20.2 Å². The summed E-state index contributed by atoms with van der Waals surface area (Å²) in [5.41, 5.74) is 1.33. The van der Waals surface area contributed by atoms with Crippen molar-refractivity contribution in [1.29, 1.82) is 0 Å². The van der Waals surface area contributed by atoms with E-state index in [1.165, 1.54) is 24.3 Å². The van der Waals surface area contributed by atoms with Gasteiger partial charge in [-0.3, -0.25) is 9.11 Å². The highest BCUT2D eigenvalue weighted by atomic mass is 32.2. The van der Waals surface area contributed by atoms with Crippen LogP contribution in [0.15, 0.2) is 46.2 Å². The molecule has 2 aromatic rings. The SMILES string of the molecule is O=S(=O)(O)c1cc(NC(=S)NC2CC2)ccc1CCc1ccc(NC(=S)NC2CC2)cc1S(=O)(=O)O. The molecule has 14 heteroatoms. The Labute approximate surface area is 220 Å². The van der Waals surface area contributed by atoms with Crippen LogP contribution in [0.25, 0.3) is 0 Å². The normalized spacial score (nSPS) is 15.7. The van der Waals surface area contributed by atoms with Crippen LogP contribution in [0.5, 0.6) is 0 Å². The summed E-state index contributed by atoms with van der Waals surface area (Å²) in [4.78, 5) is -0.630. The van der Waals surface area contributed by atoms with Crippen LogP contribution < -0.4 is 21.3 Å². The number of hydrogen-bond acceptors (Lipinski definition) is 6. The zero-order valence-electron chi connectivity index (χ0n) is 19.0. The first-order valence-corrected chi connectivity index (χ1v) is 14.9. The number of aryl methyl sites for hydroxylation is 2. The first-order valence-electron chi connectivity index (χ1n) is 11.2. The van der Waals surface area contributed by atoms with Crippen molar-refractivity contribution < 1.29 is 25.9 Å². The van der Waals surface area contributed by atoms with Crippen molar-refractivity contribution in [2.45, 2.75) is 60.4 Å². The molecule has 2 saturated carbocycles. The van der Waals surface area contributed by atoms with Crippen LogP contribution in [0.2, 0.25) is 0 Å². The largest absolute Gasteiger partial charge is 0.360 e. The Morgan fingerprint density at radius 2 is 1.08 bits per heavy atom. The summed E-state index contributed by atoms with van der Waals surface area (Å²) in [5.74, 6) is 0. The predicted octanol–water partition coefficient (Wildman–Crippen LogP) is 2.86. The van der Waals surface area contributed by atoms with E-state index in [9.17, 15) is 25.9 Å². The fourth-order valence-electron chi connectivity index (χ4n) is 3.59. The van der Waals surface area contributed by atoms with Crippen LogP contribution in [0.4, 0.5) is 11.4 Å². The number of hydrogen-bond donors (Lipinski definition) is 6. The van der Waals surface area contributed by atoms with Gasteiger partial charge in [-0.25, -0.2) is 0 Å². The molecule has 10 nitrogen and oxygen atoms in total. The van der Waals surface area contributed by atoms with Gasteiger partial charge >= 0.3 is 0 Å². The number of thiocarbonyl (C=S) groups is 2. The maximum absolute atomic E-state index is 12.1. The smallest absolute Gasteiger partial charge is 0.294 e. The van der Waals surface area contributed by atoms with E-state index in [1.807, 2.05) is 0 Å². The van der Waals surface area contributed by atoms with Crippen LogP contribution >= 0.6 is 24.4 Å². The van der Waals surface area contributed by atoms with Gasteiger partial charge < -0.3 is 21.3 Å². The lowest BCUT2D eigenvalue weighted by Crippen LogP contribution is -2.30. The van der Waals surface area contributed by atoms with Gasteiger partial charge in [0.05, 0.1) is 9.79 Å². The molecule has 0 amide bonds. The maximum atomic E-state index is 12.1. The molecule has 2 fully saturated rings. The summed E-state index contributed by atoms with van der Waals surface area (Å²) in [6, 6.07) is 9.46. The van der Waals surface area contributed by atoms with Crippen molar-refractivity contribution in [2.75, 3.05) is 10.6 Å². The molecular weight excluding hydrogens is 545 g/mol. The van der Waals surface area contributed by atoms with E-state index in [4.69, 9.17) is 24.4 Å². The minimum absolute atomic E-state index is 0.0805. The average Bonchev–Trinajstić information content (AvgIpc) is 3.69. The second-order valence-electron chi connectivity index (χ2n) is 8.84. The molecule has 4 rings (SSSR count). The minimum atomic E-state index is -4.57. The number of benzene rings is 2. The molecular formula is C22H26N4O6S4. The zero-order chi connectivity index (χ0) is 26.1. The molecule has 0 aromatic heterocycles. The van der Waals surface area contributed by atoms with Gasteiger partial charge in [0, 0.05) is 23.5 Å². The fraction of sp³-hybridized carbons (Fsp3) is 0.364. The molecule has 0 spiro atoms. The fourth-order valence-corrected chi connectivity index (χ4v) is 5.71. The van der Waals surface area contributed by atoms with Crippen LogP contribution in [-0.4, -0.2) is 48.2 Å². The first kappa shape index (κ1) is 26.7. The lowest BCUT2D eigenvalue weighted by Gasteiger charge is -2.15. The minimum Gasteiger partial charge on any atom is -0.360 e. The number of rotatable bonds is 9. The van der Waals surface area contributed by atoms with Crippen LogP contribution in [0, 0.1) is 0 Å². The van der Waals surface area contributed by atoms with Crippen LogP contribution in [0.1, 0.15) is 36.8 Å². The molecule has 0 heterocycles. The standard InChI is InChI=1S/C22H26N4O6S4/c27-35(28,29)19-11-17(25-21(33)23-15-7-8-15)5-3-13(19)1-2-14-4-6-18(12-20(14)36(30,31)32)26-22(34)24-16-9-10-16/h3-6,11-12,15-16H,1-2,7-10H2,(H2,23,25,33)(H2,24,26,34)(H,27,28,29)(H,30,31,32). The third-order valence-corrected chi connectivity index (χ3v) is 8.01. The average molecular weight is 571 g/mol. The number of nitrogens with one attached hydrogen (secondary N) is 4. The van der Waals surface area contributed by atoms with Gasteiger partial charge in [-0.15, -0.1) is 0 Å². The second kappa shape index (κ2) is 10.6. The Hall–Kier alpha value is -2.36. The molecule has 0 bridgehead atoms. The lowest BCUT2D eigenvalue weighted by atomic mass is 10.0. The van der Waals surface area contributed by atoms with Crippen molar-refractivity contribution in [2.24, 2.45) is 0 Å². The van der Waals surface area contributed by atoms with Gasteiger partial charge in [0.25, 0.3) is 20.2 Å². The van der Waals surface area contributed by atoms with E-state index in [2.05, 4.69) is 21.3 Å². The third kappa shape index (κ3) is 7.57. The summed E-state index contributed by atoms with van der Waals surface area (Å²) in [6.45, 7) is 0. The molecule has 2 aliphatic carbocycles. The third-order valence-electron chi connectivity index (χ3n) is 5.69. The van der Waals surface area contributed by atoms with E-state index in [1.54, 1.807) is 12.1 Å². The van der Waals surface area contributed by atoms with E-state index in [-0.39, 0.29) is 33.8 Å². The lowest BCUT2D eigenvalue weighted by molar-refractivity contribution is 0.479. The molecule has 0 unspecified atom stereocenters. The first-order chi connectivity index (χ1) is 16.9. The zero-order valence-corrected chi connectivity index (χ0v) is 22.3. The Kier molecular flexibility index (Phi) is 7.83. The Bertz CT molecular complexity index is 1300. The molecule has 0 radical (unpaired) electrons. The van der Waals surface area contributed by atoms with Crippen molar-refractivity contribution >= 4 is 66.3 Å². The summed E-state index contributed by atoms with van der Waals surface area (Å²) in [6.07, 6.45) is 4.23. The molecule has 2 aliphatic rings. The monoisotopic (exact) mass is 570 g/mol. The summed E-state index contributed by atoms with van der Waals surface area (Å²) < 4.78 is 67.8. The Morgan fingerprint density at radius 1 is 0.722 bits per heavy atom. The van der Waals surface area contributed by atoms with Crippen molar-refractivity contribution in [3.05, 3.63) is 47.5 Å². The molecule has 36 heavy (non-hydrogen) atoms. The van der Waals surface area contributed by atoms with Gasteiger partial charge in [0.1, 0.15) is 0 Å². The molecule has 6 N–H and O–H groups in total. The van der Waals surface area contributed by atoms with Crippen LogP contribution in [0.3, 0.4) is 0 Å². The van der Waals surface area contributed by atoms with Gasteiger partial charge in [-0.05, 0) is 98.4 Å². The van der Waals surface area contributed by atoms with Crippen molar-refractivity contribution in [3.63, 3.8) is 0 Å². The summed E-state index contributed by atoms with van der Waals surface area (Å²) >= 11 is 10.4. The summed E-state index contributed by atoms with van der Waals surface area (Å²) in [7, 11) is -9.15. The Morgan fingerprint density at radius 3 is 1.39 bits per heavy atom. The molecule has 0 aliphatic heterocycles. The topological polar surface area (TPSA) is 157 Å². The predicted molar refractivity (Wildman–Crippen MR) is 145 cm³/mol. The van der Waals surface area contributed by atoms with E-state index >= 15 is 0 Å². The maximum Gasteiger partial charge on any atom is 0.294 e. The Balaban J connectivity index is 1.52. The number of anilines is 2. The highest BCUT2D eigenvalue weighted by Crippen LogP contribution is 2.27. The highest BCUT2D eigenvalue weighted by molar-refractivity contribution is 7.86. The van der Waals surface area contributed by atoms with Crippen molar-refractivity contribution in [3.8, 4) is 0 Å².